The van der Waals surface area contributed by atoms with Crippen LogP contribution in [0.5, 0.6) is 0 Å². The Morgan fingerprint density at radius 2 is 1.79 bits per heavy atom. The van der Waals surface area contributed by atoms with Gasteiger partial charge in [-0.15, -0.1) is 0 Å². The zero-order chi connectivity index (χ0) is 31.7. The number of carbonyl (C=O) groups is 4. The number of ether oxygens (including phenoxy) is 2. The van der Waals surface area contributed by atoms with Gasteiger partial charge < -0.3 is 29.9 Å². The third-order valence-corrected chi connectivity index (χ3v) is 7.15. The minimum absolute atomic E-state index is 0.0276. The van der Waals surface area contributed by atoms with Gasteiger partial charge in [-0.3, -0.25) is 24.0 Å². The van der Waals surface area contributed by atoms with Crippen molar-refractivity contribution in [2.45, 2.75) is 58.2 Å². The maximum absolute atomic E-state index is 13.6. The molecule has 1 saturated heterocycles. The molecule has 1 fully saturated rings. The average molecular weight is 596 g/mol. The first-order valence-electron chi connectivity index (χ1n) is 14.3. The van der Waals surface area contributed by atoms with Crippen molar-refractivity contribution in [1.82, 2.24) is 20.4 Å². The van der Waals surface area contributed by atoms with Crippen molar-refractivity contribution < 1.29 is 38.4 Å². The molecule has 0 spiro atoms. The lowest BCUT2D eigenvalue weighted by Crippen LogP contribution is -2.64. The lowest BCUT2D eigenvalue weighted by atomic mass is 9.66. The number of hydrogen-bond donors (Lipinski definition) is 3. The molecule has 2 aromatic rings. The first-order chi connectivity index (χ1) is 20.4. The second-order valence-electron chi connectivity index (χ2n) is 11.2. The molecule has 43 heavy (non-hydrogen) atoms. The van der Waals surface area contributed by atoms with Crippen molar-refractivity contribution in [3.63, 3.8) is 0 Å². The van der Waals surface area contributed by atoms with Crippen LogP contribution >= 0.6 is 0 Å². The van der Waals surface area contributed by atoms with Crippen molar-refractivity contribution in [3.8, 4) is 11.3 Å². The smallest absolute Gasteiger partial charge is 0.475 e. The largest absolute Gasteiger partial charge is 0.518 e. The highest BCUT2D eigenvalue weighted by Gasteiger charge is 2.45. The van der Waals surface area contributed by atoms with Crippen molar-refractivity contribution in [2.75, 3.05) is 27.4 Å². The minimum Gasteiger partial charge on any atom is -0.518 e. The summed E-state index contributed by atoms with van der Waals surface area (Å²) in [7, 11) is 1.75. The van der Waals surface area contributed by atoms with E-state index < -0.39 is 60.9 Å². The number of pyridine rings is 1. The first-order valence-corrected chi connectivity index (χ1v) is 14.3. The van der Waals surface area contributed by atoms with E-state index in [4.69, 9.17) is 14.1 Å². The number of esters is 1. The summed E-state index contributed by atoms with van der Waals surface area (Å²) < 4.78 is 16.4. The molecule has 12 nitrogen and oxygen atoms in total. The summed E-state index contributed by atoms with van der Waals surface area (Å²) in [6.45, 7) is 6.88. The molecule has 0 aliphatic carbocycles. The molecular weight excluding hydrogens is 555 g/mol. The van der Waals surface area contributed by atoms with Crippen LogP contribution in [0.4, 0.5) is 0 Å². The van der Waals surface area contributed by atoms with Crippen molar-refractivity contribution >= 4 is 30.8 Å². The Labute approximate surface area is 252 Å². The predicted molar refractivity (Wildman–Crippen MR) is 159 cm³/mol. The van der Waals surface area contributed by atoms with Gasteiger partial charge in [0, 0.05) is 5.56 Å². The summed E-state index contributed by atoms with van der Waals surface area (Å²) in [6.07, 6.45) is -0.934. The van der Waals surface area contributed by atoms with E-state index in [0.717, 1.165) is 5.56 Å². The van der Waals surface area contributed by atoms with Crippen molar-refractivity contribution in [2.24, 2.45) is 11.8 Å². The molecule has 2 amide bonds. The Morgan fingerprint density at radius 1 is 1.09 bits per heavy atom. The van der Waals surface area contributed by atoms with E-state index in [2.05, 4.69) is 15.6 Å². The fourth-order valence-electron chi connectivity index (χ4n) is 4.75. The maximum Gasteiger partial charge on any atom is 0.475 e. The van der Waals surface area contributed by atoms with Gasteiger partial charge in [-0.1, -0.05) is 50.2 Å². The highest BCUT2D eigenvalue weighted by Crippen LogP contribution is 2.19. The Hall–Kier alpha value is -3.81. The second-order valence-corrected chi connectivity index (χ2v) is 11.2. The van der Waals surface area contributed by atoms with Gasteiger partial charge in [-0.25, -0.2) is 4.98 Å². The van der Waals surface area contributed by atoms with Gasteiger partial charge in [0.05, 0.1) is 44.0 Å². The number of nitrogens with zero attached hydrogens (tertiary/aromatic N) is 2. The van der Waals surface area contributed by atoms with Gasteiger partial charge >= 0.3 is 13.0 Å². The van der Waals surface area contributed by atoms with Crippen LogP contribution < -0.4 is 10.6 Å². The first kappa shape index (κ1) is 33.7. The third kappa shape index (κ3) is 9.09. The van der Waals surface area contributed by atoms with Gasteiger partial charge in [-0.2, -0.15) is 0 Å². The van der Waals surface area contributed by atoms with Gasteiger partial charge in [0.2, 0.25) is 5.91 Å². The zero-order valence-corrected chi connectivity index (χ0v) is 25.5. The number of aliphatic hydroxyl groups is 1. The predicted octanol–water partition coefficient (Wildman–Crippen LogP) is 1.47. The number of methoxy groups -OCH3 is 1. The number of rotatable bonds is 10. The molecule has 1 aromatic carbocycles. The molecule has 1 aromatic heterocycles. The second kappa shape index (κ2) is 15.6. The Morgan fingerprint density at radius 3 is 2.42 bits per heavy atom. The van der Waals surface area contributed by atoms with E-state index in [0.29, 0.717) is 12.1 Å². The summed E-state index contributed by atoms with van der Waals surface area (Å²) >= 11 is 0. The fraction of sp³-hybridized carbons (Fsp3) is 0.500. The van der Waals surface area contributed by atoms with E-state index in [9.17, 15) is 24.3 Å². The Kier molecular flexibility index (Phi) is 12.2. The molecule has 13 heteroatoms. The molecule has 1 aliphatic heterocycles. The molecule has 1 aliphatic rings. The standard InChI is InChI=1S/C30H41BN4O8/c1-18(2)15-25(31-35(5)24(30(40)41-6)17-42-16-19(3)29(39)43-31)33-28(38)26(20(4)36)34-27(37)23-14-10-13-22(32-23)21-11-8-7-9-12-21/h7-14,18-20,24-26,36H,15-17H2,1-6H3,(H,33,38)(H,34,37)/t19-,20+,24+,25-,26-/m0/s1. The quantitative estimate of drug-likeness (QED) is 0.271. The zero-order valence-electron chi connectivity index (χ0n) is 25.5. The monoisotopic (exact) mass is 596 g/mol. The van der Waals surface area contributed by atoms with Crippen LogP contribution in [0.15, 0.2) is 48.5 Å². The van der Waals surface area contributed by atoms with Gasteiger partial charge in [0.1, 0.15) is 17.8 Å². The number of nitrogens with one attached hydrogen (secondary N) is 2. The number of aromatic nitrogens is 1. The van der Waals surface area contributed by atoms with Crippen molar-refractivity contribution in [1.29, 1.82) is 0 Å². The van der Waals surface area contributed by atoms with Crippen molar-refractivity contribution in [3.05, 3.63) is 54.2 Å². The average Bonchev–Trinajstić information content (AvgIpc) is 3.04. The highest BCUT2D eigenvalue weighted by atomic mass is 16.5. The van der Waals surface area contributed by atoms with Crippen LogP contribution in [0.2, 0.25) is 0 Å². The normalized spacial score (nSPS) is 20.1. The molecule has 2 heterocycles. The molecule has 0 radical (unpaired) electrons. The summed E-state index contributed by atoms with van der Waals surface area (Å²) in [5.41, 5.74) is 1.46. The van der Waals surface area contributed by atoms with Crippen LogP contribution in [-0.4, -0.2) is 97.2 Å². The molecular formula is C30H41BN4O8. The highest BCUT2D eigenvalue weighted by molar-refractivity contribution is 6.53. The molecule has 3 N–H and O–H groups in total. The van der Waals surface area contributed by atoms with Crippen LogP contribution in [0.25, 0.3) is 11.3 Å². The summed E-state index contributed by atoms with van der Waals surface area (Å²) in [6, 6.07) is 12.0. The number of carbonyl (C=O) groups excluding carboxylic acids is 4. The summed E-state index contributed by atoms with van der Waals surface area (Å²) in [4.78, 5) is 58.3. The molecule has 0 bridgehead atoms. The van der Waals surface area contributed by atoms with E-state index in [-0.39, 0.29) is 24.8 Å². The molecule has 3 rings (SSSR count). The Bertz CT molecular complexity index is 1260. The third-order valence-electron chi connectivity index (χ3n) is 7.15. The molecule has 0 unspecified atom stereocenters. The van der Waals surface area contributed by atoms with Crippen LogP contribution in [0.3, 0.4) is 0 Å². The SMILES string of the molecule is COC(=O)[C@H]1COC[C@H](C)C(=O)OB([C@H](CC(C)C)NC(=O)[C@@H](NC(=O)c2cccc(-c3ccccc3)n2)[C@@H](C)O)N1C. The maximum atomic E-state index is 13.6. The van der Waals surface area contributed by atoms with E-state index >= 15 is 0 Å². The van der Waals surface area contributed by atoms with Crippen LogP contribution in [-0.2, 0) is 28.5 Å². The van der Waals surface area contributed by atoms with Gasteiger partial charge in [-0.05, 0) is 45.4 Å². The topological polar surface area (TPSA) is 156 Å². The fourth-order valence-corrected chi connectivity index (χ4v) is 4.75. The van der Waals surface area contributed by atoms with Crippen LogP contribution in [0, 0.1) is 11.8 Å². The van der Waals surface area contributed by atoms with Gasteiger partial charge in [0.15, 0.2) is 0 Å². The van der Waals surface area contributed by atoms with Gasteiger partial charge in [0.25, 0.3) is 11.9 Å². The number of benzene rings is 1. The Balaban J connectivity index is 1.87. The minimum atomic E-state index is -1.36. The number of aliphatic hydroxyl groups excluding tert-OH is 1. The molecule has 0 saturated carbocycles. The number of amides is 2. The number of likely N-dealkylation sites (N-methyl/N-ethyl adjacent to an activating group) is 1. The van der Waals surface area contributed by atoms with E-state index in [1.54, 1.807) is 26.1 Å². The molecule has 5 atom stereocenters. The summed E-state index contributed by atoms with van der Waals surface area (Å²) in [5, 5.41) is 16.0. The number of hydrogen-bond acceptors (Lipinski definition) is 10. The van der Waals surface area contributed by atoms with E-state index in [1.807, 2.05) is 44.2 Å². The molecule has 232 valence electrons. The van der Waals surface area contributed by atoms with Crippen LogP contribution in [0.1, 0.15) is 44.6 Å². The summed E-state index contributed by atoms with van der Waals surface area (Å²) in [5.74, 6) is -3.91. The lowest BCUT2D eigenvalue weighted by Gasteiger charge is -2.35. The lowest BCUT2D eigenvalue weighted by molar-refractivity contribution is -0.147. The van der Waals surface area contributed by atoms with E-state index in [1.165, 1.54) is 24.9 Å².